The number of piperidine rings is 1. The van der Waals surface area contributed by atoms with Gasteiger partial charge >= 0.3 is 0 Å². The van der Waals surface area contributed by atoms with Gasteiger partial charge in [-0.05, 0) is 73.2 Å². The summed E-state index contributed by atoms with van der Waals surface area (Å²) in [7, 11) is 3.85. The number of nitrogens with zero attached hydrogens (tertiary/aromatic N) is 3. The molecular formula is C26H28BrFN6O2. The van der Waals surface area contributed by atoms with Gasteiger partial charge in [-0.1, -0.05) is 18.2 Å². The van der Waals surface area contributed by atoms with Gasteiger partial charge in [0, 0.05) is 31.0 Å². The Hall–Kier alpha value is -3.50. The Morgan fingerprint density at radius 1 is 1.17 bits per heavy atom. The van der Waals surface area contributed by atoms with Crippen molar-refractivity contribution in [2.24, 2.45) is 0 Å². The molecule has 0 aliphatic carbocycles. The van der Waals surface area contributed by atoms with E-state index < -0.39 is 5.82 Å². The number of carbonyl (C=O) groups excluding carboxylic acids is 1. The number of ether oxygens (including phenoxy) is 1. The zero-order valence-corrected chi connectivity index (χ0v) is 21.7. The summed E-state index contributed by atoms with van der Waals surface area (Å²) in [5.41, 5.74) is 1.07. The van der Waals surface area contributed by atoms with Gasteiger partial charge in [-0.25, -0.2) is 9.37 Å². The predicted molar refractivity (Wildman–Crippen MR) is 144 cm³/mol. The van der Waals surface area contributed by atoms with Gasteiger partial charge in [-0.2, -0.15) is 4.98 Å². The minimum atomic E-state index is -0.549. The van der Waals surface area contributed by atoms with Crippen molar-refractivity contribution in [1.29, 1.82) is 0 Å². The first-order valence-electron chi connectivity index (χ1n) is 11.6. The molecule has 0 atom stereocenters. The van der Waals surface area contributed by atoms with Crippen molar-refractivity contribution in [3.05, 3.63) is 71.8 Å². The second-order valence-corrected chi connectivity index (χ2v) is 9.32. The molecule has 0 radical (unpaired) electrons. The fraction of sp³-hybridized carbons (Fsp3) is 0.269. The third-order valence-electron chi connectivity index (χ3n) is 5.78. The Balaban J connectivity index is 1.63. The van der Waals surface area contributed by atoms with Gasteiger partial charge in [0.15, 0.2) is 17.9 Å². The molecule has 1 aliphatic heterocycles. The van der Waals surface area contributed by atoms with Crippen molar-refractivity contribution in [3.8, 4) is 11.5 Å². The maximum absolute atomic E-state index is 14.8. The third kappa shape index (κ3) is 6.38. The predicted octanol–water partition coefficient (Wildman–Crippen LogP) is 5.38. The summed E-state index contributed by atoms with van der Waals surface area (Å²) in [5, 5.41) is 9.41. The molecule has 1 aromatic heterocycles. The molecule has 3 N–H and O–H groups in total. The van der Waals surface area contributed by atoms with Crippen LogP contribution >= 0.6 is 15.9 Å². The lowest BCUT2D eigenvalue weighted by molar-refractivity contribution is 0.112. The van der Waals surface area contributed by atoms with Crippen LogP contribution in [0.2, 0.25) is 0 Å². The number of aromatic nitrogens is 2. The largest absolute Gasteiger partial charge is 0.454 e. The Morgan fingerprint density at radius 2 is 1.92 bits per heavy atom. The Labute approximate surface area is 218 Å². The zero-order chi connectivity index (χ0) is 25.5. The molecule has 0 bridgehead atoms. The van der Waals surface area contributed by atoms with Crippen LogP contribution in [0.15, 0.2) is 54.7 Å². The average Bonchev–Trinajstić information content (AvgIpc) is 2.87. The number of halogens is 2. The maximum atomic E-state index is 14.8. The molecule has 3 aromatic rings. The Kier molecular flexibility index (Phi) is 8.50. The van der Waals surface area contributed by atoms with E-state index in [1.165, 1.54) is 12.1 Å². The van der Waals surface area contributed by atoms with Crippen LogP contribution in [0.4, 0.5) is 21.8 Å². The molecule has 188 valence electrons. The van der Waals surface area contributed by atoms with Gasteiger partial charge in [-0.3, -0.25) is 4.79 Å². The van der Waals surface area contributed by atoms with E-state index >= 15 is 0 Å². The fourth-order valence-electron chi connectivity index (χ4n) is 3.87. The molecule has 2 aromatic carbocycles. The van der Waals surface area contributed by atoms with E-state index in [0.29, 0.717) is 33.8 Å². The number of benzene rings is 2. The van der Waals surface area contributed by atoms with Crippen LogP contribution in [0.1, 0.15) is 28.9 Å². The summed E-state index contributed by atoms with van der Waals surface area (Å²) in [6, 6.07) is 13.7. The molecule has 10 heteroatoms. The molecule has 0 saturated carbocycles. The van der Waals surface area contributed by atoms with Gasteiger partial charge in [0.2, 0.25) is 5.95 Å². The first-order valence-corrected chi connectivity index (χ1v) is 12.4. The standard InChI is InChI=1S/C26H28BrFN6O2/c1-29-15-21(27)24-20(16-35)25(33-26(32-24)31-17-10-12-34(2)13-11-17)30-18-8-9-23(22(28)14-18)36-19-6-4-3-5-7-19/h3-9,14-17,29H,10-13H2,1-2H3,(H2,30,31,32,33)/b21-15+. The van der Waals surface area contributed by atoms with E-state index in [2.05, 4.69) is 53.8 Å². The van der Waals surface area contributed by atoms with Crippen LogP contribution in [0.3, 0.4) is 0 Å². The number of carbonyl (C=O) groups is 1. The van der Waals surface area contributed by atoms with Crippen molar-refractivity contribution in [3.63, 3.8) is 0 Å². The molecule has 2 heterocycles. The summed E-state index contributed by atoms with van der Waals surface area (Å²) in [4.78, 5) is 23.6. The van der Waals surface area contributed by atoms with Crippen LogP contribution in [-0.4, -0.2) is 54.4 Å². The molecule has 4 rings (SSSR count). The van der Waals surface area contributed by atoms with Crippen molar-refractivity contribution >= 4 is 44.2 Å². The molecule has 1 fully saturated rings. The molecule has 36 heavy (non-hydrogen) atoms. The highest BCUT2D eigenvalue weighted by Crippen LogP contribution is 2.31. The highest BCUT2D eigenvalue weighted by atomic mass is 79.9. The minimum Gasteiger partial charge on any atom is -0.454 e. The number of nitrogens with one attached hydrogen (secondary N) is 3. The summed E-state index contributed by atoms with van der Waals surface area (Å²) in [5.74, 6) is 0.731. The minimum absolute atomic E-state index is 0.0926. The molecule has 0 amide bonds. The molecule has 0 spiro atoms. The highest BCUT2D eigenvalue weighted by molar-refractivity contribution is 9.15. The van der Waals surface area contributed by atoms with Crippen LogP contribution < -0.4 is 20.7 Å². The first kappa shape index (κ1) is 25.6. The second-order valence-electron chi connectivity index (χ2n) is 8.46. The number of likely N-dealkylation sites (tertiary alicyclic amines) is 1. The number of hydrogen-bond donors (Lipinski definition) is 3. The average molecular weight is 555 g/mol. The lowest BCUT2D eigenvalue weighted by atomic mass is 10.1. The van der Waals surface area contributed by atoms with Crippen molar-refractivity contribution in [2.75, 3.05) is 37.8 Å². The van der Waals surface area contributed by atoms with Gasteiger partial charge in [-0.15, -0.1) is 0 Å². The SMILES string of the molecule is CN/C=C(/Br)c1nc(NC2CCN(C)CC2)nc(Nc2ccc(Oc3ccccc3)c(F)c2)c1C=O. The quantitative estimate of drug-likeness (QED) is 0.303. The normalized spacial score (nSPS) is 14.8. The van der Waals surface area contributed by atoms with Crippen molar-refractivity contribution in [2.45, 2.75) is 18.9 Å². The van der Waals surface area contributed by atoms with Gasteiger partial charge < -0.3 is 25.6 Å². The molecule has 1 saturated heterocycles. The summed E-state index contributed by atoms with van der Waals surface area (Å²) in [6.07, 6.45) is 4.28. The van der Waals surface area contributed by atoms with Crippen LogP contribution in [-0.2, 0) is 0 Å². The number of rotatable bonds is 9. The molecular weight excluding hydrogens is 527 g/mol. The zero-order valence-electron chi connectivity index (χ0n) is 20.1. The number of aldehydes is 1. The van der Waals surface area contributed by atoms with E-state index in [0.717, 1.165) is 25.9 Å². The van der Waals surface area contributed by atoms with Crippen molar-refractivity contribution < 1.29 is 13.9 Å². The van der Waals surface area contributed by atoms with Crippen LogP contribution in [0.25, 0.3) is 4.48 Å². The third-order valence-corrected chi connectivity index (χ3v) is 6.38. The van der Waals surface area contributed by atoms with E-state index in [4.69, 9.17) is 4.74 Å². The Bertz CT molecular complexity index is 1230. The van der Waals surface area contributed by atoms with Crippen LogP contribution in [0, 0.1) is 5.82 Å². The van der Waals surface area contributed by atoms with E-state index in [-0.39, 0.29) is 23.2 Å². The smallest absolute Gasteiger partial charge is 0.225 e. The summed E-state index contributed by atoms with van der Waals surface area (Å²) in [6.45, 7) is 1.95. The van der Waals surface area contributed by atoms with E-state index in [9.17, 15) is 9.18 Å². The lowest BCUT2D eigenvalue weighted by Crippen LogP contribution is -2.37. The monoisotopic (exact) mass is 554 g/mol. The maximum Gasteiger partial charge on any atom is 0.225 e. The van der Waals surface area contributed by atoms with Gasteiger partial charge in [0.1, 0.15) is 11.6 Å². The topological polar surface area (TPSA) is 91.4 Å². The van der Waals surface area contributed by atoms with E-state index in [1.807, 2.05) is 18.2 Å². The van der Waals surface area contributed by atoms with E-state index in [1.54, 1.807) is 31.4 Å². The molecule has 0 unspecified atom stereocenters. The van der Waals surface area contributed by atoms with Gasteiger partial charge in [0.05, 0.1) is 15.7 Å². The molecule has 8 nitrogen and oxygen atoms in total. The van der Waals surface area contributed by atoms with Crippen molar-refractivity contribution in [1.82, 2.24) is 20.2 Å². The summed E-state index contributed by atoms with van der Waals surface area (Å²) >= 11 is 3.49. The second kappa shape index (κ2) is 12.0. The number of hydrogen-bond acceptors (Lipinski definition) is 8. The number of anilines is 3. The summed E-state index contributed by atoms with van der Waals surface area (Å²) < 4.78 is 21.1. The Morgan fingerprint density at radius 3 is 2.58 bits per heavy atom. The first-order chi connectivity index (χ1) is 17.5. The van der Waals surface area contributed by atoms with Crippen LogP contribution in [0.5, 0.6) is 11.5 Å². The van der Waals surface area contributed by atoms with Gasteiger partial charge in [0.25, 0.3) is 0 Å². The fourth-order valence-corrected chi connectivity index (χ4v) is 4.40. The number of para-hydroxylation sites is 1. The highest BCUT2D eigenvalue weighted by Gasteiger charge is 2.21. The lowest BCUT2D eigenvalue weighted by Gasteiger charge is -2.29. The molecule has 1 aliphatic rings.